The fraction of sp³-hybridized carbons (Fsp3) is 0. The third kappa shape index (κ3) is 2.23. The van der Waals surface area contributed by atoms with Gasteiger partial charge in [-0.2, -0.15) is 0 Å². The molecule has 0 saturated heterocycles. The van der Waals surface area contributed by atoms with Crippen LogP contribution in [0.15, 0.2) is 65.5 Å². The van der Waals surface area contributed by atoms with Crippen LogP contribution < -0.4 is 5.56 Å². The lowest BCUT2D eigenvalue weighted by Gasteiger charge is -2.06. The van der Waals surface area contributed by atoms with Gasteiger partial charge in [0, 0.05) is 5.56 Å². The smallest absolute Gasteiger partial charge is 0.336 e. The molecule has 0 amide bonds. The molecule has 0 aliphatic carbocycles. The second-order valence-electron chi connectivity index (χ2n) is 5.48. The Morgan fingerprint density at radius 3 is 2.54 bits per heavy atom. The summed E-state index contributed by atoms with van der Waals surface area (Å²) in [5.74, 6) is -0.729. The molecule has 4 aromatic rings. The molecular weight excluding hydrogens is 304 g/mol. The lowest BCUT2D eigenvalue weighted by atomic mass is 10.1. The molecular formula is C19H12N2O3. The molecule has 116 valence electrons. The summed E-state index contributed by atoms with van der Waals surface area (Å²) in [4.78, 5) is 30.8. The van der Waals surface area contributed by atoms with E-state index in [1.807, 2.05) is 42.5 Å². The van der Waals surface area contributed by atoms with Crippen LogP contribution >= 0.6 is 0 Å². The Kier molecular flexibility index (Phi) is 3.13. The number of benzene rings is 3. The number of aromatic nitrogens is 2. The maximum absolute atomic E-state index is 12.4. The summed E-state index contributed by atoms with van der Waals surface area (Å²) in [6.45, 7) is 0. The molecule has 0 fully saturated rings. The van der Waals surface area contributed by atoms with Crippen LogP contribution in [0.2, 0.25) is 0 Å². The van der Waals surface area contributed by atoms with Crippen molar-refractivity contribution in [3.05, 3.63) is 76.6 Å². The van der Waals surface area contributed by atoms with Crippen molar-refractivity contribution in [2.24, 2.45) is 0 Å². The molecule has 5 nitrogen and oxygen atoms in total. The Balaban J connectivity index is 1.97. The normalized spacial score (nSPS) is 11.0. The molecule has 0 radical (unpaired) electrons. The van der Waals surface area contributed by atoms with E-state index in [2.05, 4.69) is 9.97 Å². The number of nitrogens with one attached hydrogen (secondary N) is 1. The van der Waals surface area contributed by atoms with Gasteiger partial charge in [-0.1, -0.05) is 42.5 Å². The van der Waals surface area contributed by atoms with Gasteiger partial charge in [0.2, 0.25) is 0 Å². The predicted molar refractivity (Wildman–Crippen MR) is 92.3 cm³/mol. The third-order valence-electron chi connectivity index (χ3n) is 3.99. The van der Waals surface area contributed by atoms with Gasteiger partial charge in [0.05, 0.1) is 16.5 Å². The number of carboxylic acid groups (broad SMARTS) is 1. The maximum Gasteiger partial charge on any atom is 0.336 e. The van der Waals surface area contributed by atoms with E-state index in [0.29, 0.717) is 11.3 Å². The summed E-state index contributed by atoms with van der Waals surface area (Å²) in [7, 11) is 0. The standard InChI is InChI=1S/C19H12N2O3/c22-18-16-14(19(23)24)6-3-7-15(16)20-17(21-18)13-9-8-11-4-1-2-5-12(11)10-13/h1-10H,(H,23,24)(H,20,21,22). The average molecular weight is 316 g/mol. The Bertz CT molecular complexity index is 1160. The number of carboxylic acids is 1. The Morgan fingerprint density at radius 2 is 1.75 bits per heavy atom. The van der Waals surface area contributed by atoms with E-state index in [0.717, 1.165) is 16.3 Å². The van der Waals surface area contributed by atoms with Crippen LogP contribution in [0.3, 0.4) is 0 Å². The van der Waals surface area contributed by atoms with E-state index in [1.54, 1.807) is 12.1 Å². The summed E-state index contributed by atoms with van der Waals surface area (Å²) in [6, 6.07) is 18.3. The lowest BCUT2D eigenvalue weighted by Crippen LogP contribution is -2.13. The second kappa shape index (κ2) is 5.31. The first-order chi connectivity index (χ1) is 11.6. The van der Waals surface area contributed by atoms with Crippen LogP contribution in [-0.4, -0.2) is 21.0 Å². The molecule has 0 unspecified atom stereocenters. The molecule has 0 saturated carbocycles. The minimum atomic E-state index is -1.15. The quantitative estimate of drug-likeness (QED) is 0.593. The van der Waals surface area contributed by atoms with Crippen LogP contribution in [0.1, 0.15) is 10.4 Å². The van der Waals surface area contributed by atoms with Gasteiger partial charge >= 0.3 is 5.97 Å². The van der Waals surface area contributed by atoms with Crippen molar-refractivity contribution in [3.63, 3.8) is 0 Å². The van der Waals surface area contributed by atoms with Crippen molar-refractivity contribution in [1.29, 1.82) is 0 Å². The minimum absolute atomic E-state index is 0.0497. The molecule has 0 atom stereocenters. The van der Waals surface area contributed by atoms with Gasteiger partial charge in [-0.05, 0) is 29.0 Å². The molecule has 0 aliphatic rings. The first-order valence-electron chi connectivity index (χ1n) is 7.39. The lowest BCUT2D eigenvalue weighted by molar-refractivity contribution is 0.0699. The van der Waals surface area contributed by atoms with Crippen molar-refractivity contribution in [3.8, 4) is 11.4 Å². The van der Waals surface area contributed by atoms with Crippen LogP contribution in [0, 0.1) is 0 Å². The first kappa shape index (κ1) is 14.1. The number of rotatable bonds is 2. The number of carbonyl (C=O) groups is 1. The van der Waals surface area contributed by atoms with Crippen molar-refractivity contribution >= 4 is 27.6 Å². The molecule has 1 aromatic heterocycles. The molecule has 0 bridgehead atoms. The fourth-order valence-corrected chi connectivity index (χ4v) is 2.84. The molecule has 24 heavy (non-hydrogen) atoms. The number of fused-ring (bicyclic) bond motifs is 2. The number of aromatic carboxylic acids is 1. The van der Waals surface area contributed by atoms with Gasteiger partial charge in [-0.3, -0.25) is 4.79 Å². The topological polar surface area (TPSA) is 83.0 Å². The molecule has 5 heteroatoms. The van der Waals surface area contributed by atoms with Crippen molar-refractivity contribution in [2.45, 2.75) is 0 Å². The molecule has 2 N–H and O–H groups in total. The highest BCUT2D eigenvalue weighted by Crippen LogP contribution is 2.23. The number of aromatic amines is 1. The SMILES string of the molecule is O=C(O)c1cccc2nc(-c3ccc4ccccc4c3)[nH]c(=O)c12. The van der Waals surface area contributed by atoms with Crippen LogP contribution in [0.25, 0.3) is 33.1 Å². The summed E-state index contributed by atoms with van der Waals surface area (Å²) < 4.78 is 0. The molecule has 4 rings (SSSR count). The van der Waals surface area contributed by atoms with Gasteiger partial charge in [0.25, 0.3) is 5.56 Å². The molecule has 0 spiro atoms. The van der Waals surface area contributed by atoms with Gasteiger partial charge in [0.15, 0.2) is 0 Å². The summed E-state index contributed by atoms with van der Waals surface area (Å²) in [6.07, 6.45) is 0. The van der Waals surface area contributed by atoms with Crippen LogP contribution in [0.4, 0.5) is 0 Å². The molecule has 3 aromatic carbocycles. The maximum atomic E-state index is 12.4. The van der Waals surface area contributed by atoms with E-state index >= 15 is 0 Å². The third-order valence-corrected chi connectivity index (χ3v) is 3.99. The predicted octanol–water partition coefficient (Wildman–Crippen LogP) is 3.44. The van der Waals surface area contributed by atoms with Gasteiger partial charge in [-0.25, -0.2) is 9.78 Å². The van der Waals surface area contributed by atoms with E-state index < -0.39 is 11.5 Å². The summed E-state index contributed by atoms with van der Waals surface area (Å²) in [5.41, 5.74) is 0.628. The van der Waals surface area contributed by atoms with Crippen LogP contribution in [-0.2, 0) is 0 Å². The zero-order valence-electron chi connectivity index (χ0n) is 12.5. The Hall–Kier alpha value is -3.47. The van der Waals surface area contributed by atoms with Crippen molar-refractivity contribution < 1.29 is 9.90 Å². The Labute approximate surface area is 136 Å². The first-order valence-corrected chi connectivity index (χ1v) is 7.39. The number of H-pyrrole nitrogens is 1. The zero-order chi connectivity index (χ0) is 16.7. The van der Waals surface area contributed by atoms with Crippen molar-refractivity contribution in [2.75, 3.05) is 0 Å². The molecule has 0 aliphatic heterocycles. The monoisotopic (exact) mass is 316 g/mol. The van der Waals surface area contributed by atoms with Gasteiger partial charge < -0.3 is 10.1 Å². The van der Waals surface area contributed by atoms with Gasteiger partial charge in [0.1, 0.15) is 5.82 Å². The van der Waals surface area contributed by atoms with Gasteiger partial charge in [-0.15, -0.1) is 0 Å². The summed E-state index contributed by atoms with van der Waals surface area (Å²) in [5, 5.41) is 11.5. The number of hydrogen-bond acceptors (Lipinski definition) is 3. The highest BCUT2D eigenvalue weighted by molar-refractivity contribution is 6.02. The van der Waals surface area contributed by atoms with Crippen molar-refractivity contribution in [1.82, 2.24) is 9.97 Å². The summed E-state index contributed by atoms with van der Waals surface area (Å²) >= 11 is 0. The number of nitrogens with zero attached hydrogens (tertiary/aromatic N) is 1. The average Bonchev–Trinajstić information content (AvgIpc) is 2.60. The largest absolute Gasteiger partial charge is 0.478 e. The number of hydrogen-bond donors (Lipinski definition) is 2. The highest BCUT2D eigenvalue weighted by Gasteiger charge is 2.14. The minimum Gasteiger partial charge on any atom is -0.478 e. The zero-order valence-corrected chi connectivity index (χ0v) is 12.5. The highest BCUT2D eigenvalue weighted by atomic mass is 16.4. The fourth-order valence-electron chi connectivity index (χ4n) is 2.84. The molecule has 1 heterocycles. The van der Waals surface area contributed by atoms with E-state index in [1.165, 1.54) is 6.07 Å². The second-order valence-corrected chi connectivity index (χ2v) is 5.48. The Morgan fingerprint density at radius 1 is 0.958 bits per heavy atom. The van der Waals surface area contributed by atoms with E-state index in [9.17, 15) is 14.7 Å². The van der Waals surface area contributed by atoms with E-state index in [-0.39, 0.29) is 10.9 Å². The van der Waals surface area contributed by atoms with E-state index in [4.69, 9.17) is 0 Å². The van der Waals surface area contributed by atoms with Crippen LogP contribution in [0.5, 0.6) is 0 Å².